The van der Waals surface area contributed by atoms with Gasteiger partial charge in [-0.25, -0.2) is 0 Å². The molecular formula is C25H34N2O4. The molecule has 0 saturated heterocycles. The van der Waals surface area contributed by atoms with E-state index in [2.05, 4.69) is 5.32 Å². The van der Waals surface area contributed by atoms with Crippen LogP contribution in [0.1, 0.15) is 45.1 Å². The zero-order valence-electron chi connectivity index (χ0n) is 18.8. The van der Waals surface area contributed by atoms with Crippen LogP contribution in [-0.2, 0) is 16.1 Å². The molecule has 0 aromatic heterocycles. The van der Waals surface area contributed by atoms with Crippen molar-refractivity contribution in [1.29, 1.82) is 0 Å². The number of hydrogen-bond donors (Lipinski definition) is 1. The Hall–Kier alpha value is -3.02. The highest BCUT2D eigenvalue weighted by atomic mass is 16.5. The summed E-state index contributed by atoms with van der Waals surface area (Å²) < 4.78 is 10.9. The number of nitrogens with zero attached hydrogens (tertiary/aromatic N) is 1. The van der Waals surface area contributed by atoms with Gasteiger partial charge in [0.1, 0.15) is 17.5 Å². The Morgan fingerprint density at radius 1 is 1.00 bits per heavy atom. The van der Waals surface area contributed by atoms with Crippen molar-refractivity contribution < 1.29 is 19.1 Å². The summed E-state index contributed by atoms with van der Waals surface area (Å²) >= 11 is 0. The van der Waals surface area contributed by atoms with Crippen LogP contribution in [0.25, 0.3) is 0 Å². The molecule has 31 heavy (non-hydrogen) atoms. The average molecular weight is 427 g/mol. The summed E-state index contributed by atoms with van der Waals surface area (Å²) in [5, 5.41) is 2.93. The first-order valence-corrected chi connectivity index (χ1v) is 11.0. The minimum atomic E-state index is -0.484. The molecule has 168 valence electrons. The molecule has 2 aromatic carbocycles. The standard InChI is InChI=1S/C25H34N2O4/c1-4-17-26-25(29)23(5-2)27(19-20-10-7-6-8-11-20)24(28)12-9-18-31-22-15-13-21(30-3)14-16-22/h6-8,10-11,13-16,23H,4-5,9,12,17-19H2,1-3H3,(H,26,29)/t23-/m0/s1. The molecule has 6 heteroatoms. The van der Waals surface area contributed by atoms with Gasteiger partial charge in [0.25, 0.3) is 0 Å². The highest BCUT2D eigenvalue weighted by molar-refractivity contribution is 5.87. The molecule has 2 rings (SSSR count). The molecule has 0 aliphatic rings. The maximum absolute atomic E-state index is 13.1. The van der Waals surface area contributed by atoms with Crippen LogP contribution in [0.5, 0.6) is 11.5 Å². The normalized spacial score (nSPS) is 11.5. The van der Waals surface area contributed by atoms with Gasteiger partial charge in [-0.2, -0.15) is 0 Å². The number of methoxy groups -OCH3 is 1. The Kier molecular flexibility index (Phi) is 10.4. The van der Waals surface area contributed by atoms with Gasteiger partial charge in [-0.05, 0) is 49.1 Å². The van der Waals surface area contributed by atoms with Crippen molar-refractivity contribution in [3.8, 4) is 11.5 Å². The van der Waals surface area contributed by atoms with Gasteiger partial charge in [-0.1, -0.05) is 44.2 Å². The minimum absolute atomic E-state index is 0.0410. The van der Waals surface area contributed by atoms with E-state index in [1.54, 1.807) is 12.0 Å². The van der Waals surface area contributed by atoms with E-state index in [9.17, 15) is 9.59 Å². The number of benzene rings is 2. The van der Waals surface area contributed by atoms with E-state index < -0.39 is 6.04 Å². The number of carbonyl (C=O) groups excluding carboxylic acids is 2. The van der Waals surface area contributed by atoms with Crippen molar-refractivity contribution in [1.82, 2.24) is 10.2 Å². The van der Waals surface area contributed by atoms with Crippen LogP contribution in [0, 0.1) is 0 Å². The van der Waals surface area contributed by atoms with Gasteiger partial charge < -0.3 is 19.7 Å². The Labute approximate surface area is 185 Å². The quantitative estimate of drug-likeness (QED) is 0.488. The van der Waals surface area contributed by atoms with E-state index in [1.165, 1.54) is 0 Å². The summed E-state index contributed by atoms with van der Waals surface area (Å²) in [4.78, 5) is 27.5. The van der Waals surface area contributed by atoms with Gasteiger partial charge in [0.2, 0.25) is 11.8 Å². The number of ether oxygens (including phenoxy) is 2. The smallest absolute Gasteiger partial charge is 0.242 e. The van der Waals surface area contributed by atoms with Crippen molar-refractivity contribution in [3.05, 3.63) is 60.2 Å². The zero-order chi connectivity index (χ0) is 22.5. The second-order valence-electron chi connectivity index (χ2n) is 7.35. The van der Waals surface area contributed by atoms with Gasteiger partial charge in [0.05, 0.1) is 13.7 Å². The van der Waals surface area contributed by atoms with Crippen molar-refractivity contribution >= 4 is 11.8 Å². The van der Waals surface area contributed by atoms with Crippen LogP contribution >= 0.6 is 0 Å². The Morgan fingerprint density at radius 2 is 1.68 bits per heavy atom. The van der Waals surface area contributed by atoms with Crippen LogP contribution in [-0.4, -0.2) is 43.0 Å². The largest absolute Gasteiger partial charge is 0.497 e. The Balaban J connectivity index is 1.98. The maximum Gasteiger partial charge on any atom is 0.242 e. The molecule has 0 bridgehead atoms. The summed E-state index contributed by atoms with van der Waals surface area (Å²) in [5.74, 6) is 1.37. The molecule has 6 nitrogen and oxygen atoms in total. The topological polar surface area (TPSA) is 67.9 Å². The van der Waals surface area contributed by atoms with Gasteiger partial charge in [-0.15, -0.1) is 0 Å². The monoisotopic (exact) mass is 426 g/mol. The highest BCUT2D eigenvalue weighted by Gasteiger charge is 2.28. The highest BCUT2D eigenvalue weighted by Crippen LogP contribution is 2.18. The number of rotatable bonds is 13. The molecule has 0 aliphatic heterocycles. The predicted octanol–water partition coefficient (Wildman–Crippen LogP) is 4.19. The molecule has 0 radical (unpaired) electrons. The first-order chi connectivity index (χ1) is 15.1. The van der Waals surface area contributed by atoms with Gasteiger partial charge in [-0.3, -0.25) is 9.59 Å². The second kappa shape index (κ2) is 13.3. The molecule has 0 saturated carbocycles. The van der Waals surface area contributed by atoms with Crippen LogP contribution in [0.15, 0.2) is 54.6 Å². The Morgan fingerprint density at radius 3 is 2.29 bits per heavy atom. The van der Waals surface area contributed by atoms with Gasteiger partial charge >= 0.3 is 0 Å². The lowest BCUT2D eigenvalue weighted by Gasteiger charge is -2.30. The molecule has 2 amide bonds. The first-order valence-electron chi connectivity index (χ1n) is 11.0. The van der Waals surface area contributed by atoms with E-state index >= 15 is 0 Å². The minimum Gasteiger partial charge on any atom is -0.497 e. The summed E-state index contributed by atoms with van der Waals surface area (Å²) in [6, 6.07) is 16.6. The number of nitrogens with one attached hydrogen (secondary N) is 1. The van der Waals surface area contributed by atoms with Gasteiger partial charge in [0, 0.05) is 19.5 Å². The fourth-order valence-corrected chi connectivity index (χ4v) is 3.29. The predicted molar refractivity (Wildman–Crippen MR) is 122 cm³/mol. The molecule has 0 unspecified atom stereocenters. The second-order valence-corrected chi connectivity index (χ2v) is 7.35. The fourth-order valence-electron chi connectivity index (χ4n) is 3.29. The summed E-state index contributed by atoms with van der Waals surface area (Å²) in [7, 11) is 1.62. The van der Waals surface area contributed by atoms with Crippen LogP contribution in [0.3, 0.4) is 0 Å². The van der Waals surface area contributed by atoms with Crippen molar-refractivity contribution in [2.75, 3.05) is 20.3 Å². The molecule has 0 spiro atoms. The Bertz CT molecular complexity index is 793. The maximum atomic E-state index is 13.1. The van der Waals surface area contributed by atoms with E-state index in [4.69, 9.17) is 9.47 Å². The van der Waals surface area contributed by atoms with Gasteiger partial charge in [0.15, 0.2) is 0 Å². The lowest BCUT2D eigenvalue weighted by molar-refractivity contribution is -0.141. The van der Waals surface area contributed by atoms with Crippen molar-refractivity contribution in [2.45, 2.75) is 52.1 Å². The third-order valence-electron chi connectivity index (χ3n) is 4.99. The summed E-state index contributed by atoms with van der Waals surface area (Å²) in [5.41, 5.74) is 1.01. The molecular weight excluding hydrogens is 392 g/mol. The lowest BCUT2D eigenvalue weighted by atomic mass is 10.1. The molecule has 0 heterocycles. The molecule has 0 fully saturated rings. The number of carbonyl (C=O) groups is 2. The zero-order valence-corrected chi connectivity index (χ0v) is 18.8. The van der Waals surface area contributed by atoms with E-state index in [0.29, 0.717) is 39.0 Å². The van der Waals surface area contributed by atoms with E-state index in [-0.39, 0.29) is 11.8 Å². The third-order valence-corrected chi connectivity index (χ3v) is 4.99. The molecule has 0 aliphatic carbocycles. The molecule has 1 N–H and O–H groups in total. The fraction of sp³-hybridized carbons (Fsp3) is 0.440. The third kappa shape index (κ3) is 7.96. The SMILES string of the molecule is CCCNC(=O)[C@H](CC)N(Cc1ccccc1)C(=O)CCCOc1ccc(OC)cc1. The summed E-state index contributed by atoms with van der Waals surface area (Å²) in [6.07, 6.45) is 2.32. The summed E-state index contributed by atoms with van der Waals surface area (Å²) in [6.45, 7) is 5.40. The lowest BCUT2D eigenvalue weighted by Crippen LogP contribution is -2.49. The van der Waals surface area contributed by atoms with Crippen molar-refractivity contribution in [3.63, 3.8) is 0 Å². The van der Waals surface area contributed by atoms with Crippen LogP contribution in [0.2, 0.25) is 0 Å². The van der Waals surface area contributed by atoms with Crippen molar-refractivity contribution in [2.24, 2.45) is 0 Å². The van der Waals surface area contributed by atoms with E-state index in [1.807, 2.05) is 68.4 Å². The number of amides is 2. The molecule has 2 aromatic rings. The van der Waals surface area contributed by atoms with E-state index in [0.717, 1.165) is 23.5 Å². The van der Waals surface area contributed by atoms with Crippen LogP contribution in [0.4, 0.5) is 0 Å². The average Bonchev–Trinajstić information content (AvgIpc) is 2.81. The molecule has 1 atom stereocenters. The first kappa shape index (κ1) is 24.3. The number of hydrogen-bond acceptors (Lipinski definition) is 4. The van der Waals surface area contributed by atoms with Crippen LogP contribution < -0.4 is 14.8 Å².